The molecule has 0 radical (unpaired) electrons. The van der Waals surface area contributed by atoms with E-state index in [1.54, 1.807) is 30.3 Å². The minimum atomic E-state index is -0.732. The summed E-state index contributed by atoms with van der Waals surface area (Å²) in [5, 5.41) is 7.96. The van der Waals surface area contributed by atoms with Crippen molar-refractivity contribution in [3.05, 3.63) is 30.3 Å². The molecule has 0 saturated heterocycles. The van der Waals surface area contributed by atoms with Crippen LogP contribution in [0.1, 0.15) is 20.8 Å². The molecule has 0 unspecified atom stereocenters. The highest BCUT2D eigenvalue weighted by Crippen LogP contribution is 2.20. The Balaban J connectivity index is 2.89. The number of nitrogens with zero attached hydrogens (tertiary/aromatic N) is 2. The summed E-state index contributed by atoms with van der Waals surface area (Å²) in [5.74, 6) is 0.366. The fourth-order valence-electron chi connectivity index (χ4n) is 1.35. The third kappa shape index (κ3) is 6.19. The fraction of sp³-hybridized carbons (Fsp3) is 0.400. The van der Waals surface area contributed by atoms with Crippen molar-refractivity contribution in [2.75, 3.05) is 14.1 Å². The van der Waals surface area contributed by atoms with Gasteiger partial charge < -0.3 is 9.64 Å². The van der Waals surface area contributed by atoms with Crippen LogP contribution in [0.3, 0.4) is 0 Å². The van der Waals surface area contributed by atoms with Gasteiger partial charge in [0.2, 0.25) is 0 Å². The molecule has 1 aromatic carbocycles. The van der Waals surface area contributed by atoms with Crippen LogP contribution in [0.25, 0.3) is 0 Å². The summed E-state index contributed by atoms with van der Waals surface area (Å²) < 4.78 is 7.62. The van der Waals surface area contributed by atoms with Gasteiger partial charge in [0.1, 0.15) is 5.75 Å². The number of ether oxygens (including phenoxy) is 1. The predicted octanol–water partition coefficient (Wildman–Crippen LogP) is 3.14. The maximum Gasteiger partial charge on any atom is 0.343 e. The van der Waals surface area contributed by atoms with Crippen molar-refractivity contribution >= 4 is 30.0 Å². The lowest BCUT2D eigenvalue weighted by atomic mass is 10.3. The van der Waals surface area contributed by atoms with Crippen molar-refractivity contribution in [3.8, 4) is 5.75 Å². The second-order valence-electron chi connectivity index (χ2n) is 5.85. The Morgan fingerprint density at radius 1 is 1.17 bits per heavy atom. The zero-order chi connectivity index (χ0) is 17.6. The van der Waals surface area contributed by atoms with E-state index in [9.17, 15) is 9.59 Å². The number of carbonyl (C=O) groups is 2. The molecule has 0 spiro atoms. The number of urea groups is 2. The molecule has 0 aliphatic carbocycles. The molecule has 0 bridgehead atoms. The topological polar surface area (TPSA) is 85.7 Å². The first-order valence-electron chi connectivity index (χ1n) is 6.92. The Labute approximate surface area is 140 Å². The van der Waals surface area contributed by atoms with Gasteiger partial charge in [-0.05, 0) is 44.9 Å². The van der Waals surface area contributed by atoms with E-state index in [-0.39, 0.29) is 4.75 Å². The monoisotopic (exact) mass is 338 g/mol. The predicted molar refractivity (Wildman–Crippen MR) is 91.6 cm³/mol. The van der Waals surface area contributed by atoms with Crippen molar-refractivity contribution in [2.45, 2.75) is 25.5 Å². The van der Waals surface area contributed by atoms with Gasteiger partial charge in [-0.3, -0.25) is 10.1 Å². The molecule has 4 amide bonds. The Bertz CT molecular complexity index is 570. The molecule has 0 aliphatic rings. The SMILES string of the molecule is CN(C)C(=O)N(C(=N)Oc1ccccc1)C(=O)NSC(C)(C)C. The largest absolute Gasteiger partial charge is 0.425 e. The highest BCUT2D eigenvalue weighted by molar-refractivity contribution is 7.99. The molecule has 0 heterocycles. The molecule has 7 nitrogen and oxygen atoms in total. The van der Waals surface area contributed by atoms with Crippen LogP contribution < -0.4 is 9.46 Å². The summed E-state index contributed by atoms with van der Waals surface area (Å²) in [7, 11) is 2.99. The number of rotatable bonds is 2. The first-order chi connectivity index (χ1) is 10.6. The van der Waals surface area contributed by atoms with E-state index in [0.717, 1.165) is 11.9 Å². The van der Waals surface area contributed by atoms with Crippen molar-refractivity contribution < 1.29 is 14.3 Å². The summed E-state index contributed by atoms with van der Waals surface area (Å²) in [6.07, 6.45) is 0. The molecular formula is C15H22N4O3S. The van der Waals surface area contributed by atoms with Gasteiger partial charge in [0, 0.05) is 18.8 Å². The first-order valence-corrected chi connectivity index (χ1v) is 7.74. The Kier molecular flexibility index (Phi) is 6.44. The van der Waals surface area contributed by atoms with Gasteiger partial charge in [-0.25, -0.2) is 9.59 Å². The van der Waals surface area contributed by atoms with E-state index in [0.29, 0.717) is 10.6 Å². The summed E-state index contributed by atoms with van der Waals surface area (Å²) in [5.41, 5.74) is 0. The fourth-order valence-corrected chi connectivity index (χ4v) is 1.84. The van der Waals surface area contributed by atoms with E-state index in [1.165, 1.54) is 19.0 Å². The third-order valence-electron chi connectivity index (χ3n) is 2.38. The number of imide groups is 1. The van der Waals surface area contributed by atoms with Crippen LogP contribution in [0, 0.1) is 5.41 Å². The highest BCUT2D eigenvalue weighted by Gasteiger charge is 2.30. The Morgan fingerprint density at radius 3 is 2.22 bits per heavy atom. The molecule has 1 aromatic rings. The highest BCUT2D eigenvalue weighted by atomic mass is 32.2. The summed E-state index contributed by atoms with van der Waals surface area (Å²) in [4.78, 5) is 26.3. The zero-order valence-electron chi connectivity index (χ0n) is 13.9. The summed E-state index contributed by atoms with van der Waals surface area (Å²) >= 11 is 1.16. The number of amides is 4. The number of amidine groups is 1. The molecule has 0 fully saturated rings. The van der Waals surface area contributed by atoms with Gasteiger partial charge in [0.05, 0.1) is 0 Å². The molecule has 0 aromatic heterocycles. The second-order valence-corrected chi connectivity index (χ2v) is 7.49. The van der Waals surface area contributed by atoms with Gasteiger partial charge in [-0.2, -0.15) is 4.90 Å². The quantitative estimate of drug-likeness (QED) is 0.493. The molecule has 8 heteroatoms. The van der Waals surface area contributed by atoms with Gasteiger partial charge in [-0.15, -0.1) is 0 Å². The molecule has 0 aliphatic heterocycles. The maximum absolute atomic E-state index is 12.3. The first kappa shape index (κ1) is 18.8. The van der Waals surface area contributed by atoms with Crippen LogP contribution in [-0.4, -0.2) is 46.7 Å². The van der Waals surface area contributed by atoms with E-state index in [2.05, 4.69) is 4.72 Å². The molecule has 126 valence electrons. The number of hydrogen-bond donors (Lipinski definition) is 2. The van der Waals surface area contributed by atoms with Gasteiger partial charge >= 0.3 is 18.1 Å². The summed E-state index contributed by atoms with van der Waals surface area (Å²) in [6.45, 7) is 5.76. The minimum Gasteiger partial charge on any atom is -0.425 e. The van der Waals surface area contributed by atoms with Crippen LogP contribution in [-0.2, 0) is 0 Å². The third-order valence-corrected chi connectivity index (χ3v) is 3.27. The number of nitrogens with one attached hydrogen (secondary N) is 2. The maximum atomic E-state index is 12.3. The van der Waals surface area contributed by atoms with Crippen LogP contribution >= 0.6 is 11.9 Å². The van der Waals surface area contributed by atoms with Crippen molar-refractivity contribution in [1.82, 2.24) is 14.5 Å². The zero-order valence-corrected chi connectivity index (χ0v) is 14.7. The molecular weight excluding hydrogens is 316 g/mol. The van der Waals surface area contributed by atoms with Crippen molar-refractivity contribution in [3.63, 3.8) is 0 Å². The smallest absolute Gasteiger partial charge is 0.343 e. The van der Waals surface area contributed by atoms with E-state index < -0.39 is 18.1 Å². The molecule has 0 saturated carbocycles. The van der Waals surface area contributed by atoms with Crippen LogP contribution in [0.2, 0.25) is 0 Å². The van der Waals surface area contributed by atoms with Crippen LogP contribution in [0.15, 0.2) is 30.3 Å². The van der Waals surface area contributed by atoms with Gasteiger partial charge in [0.25, 0.3) is 0 Å². The Hall–Kier alpha value is -2.22. The normalized spacial score (nSPS) is 10.7. The lowest BCUT2D eigenvalue weighted by molar-refractivity contribution is 0.184. The standard InChI is InChI=1S/C15H22N4O3S/c1-15(2,3)23-17-13(20)19(14(21)18(4)5)12(16)22-11-9-7-6-8-10-11/h6-10,16H,1-5H3,(H,17,20). The Morgan fingerprint density at radius 2 is 1.74 bits per heavy atom. The van der Waals surface area contributed by atoms with Gasteiger partial charge in [0.15, 0.2) is 0 Å². The van der Waals surface area contributed by atoms with Crippen molar-refractivity contribution in [1.29, 1.82) is 5.41 Å². The average molecular weight is 338 g/mol. The number of benzene rings is 1. The molecule has 23 heavy (non-hydrogen) atoms. The van der Waals surface area contributed by atoms with Crippen LogP contribution in [0.5, 0.6) is 5.75 Å². The minimum absolute atomic E-state index is 0.231. The average Bonchev–Trinajstić information content (AvgIpc) is 2.45. The van der Waals surface area contributed by atoms with E-state index in [1.807, 2.05) is 20.8 Å². The molecule has 1 rings (SSSR count). The second kappa shape index (κ2) is 7.87. The van der Waals surface area contributed by atoms with Crippen molar-refractivity contribution in [2.24, 2.45) is 0 Å². The number of para-hydroxylation sites is 1. The molecule has 0 atom stereocenters. The number of hydrogen-bond acceptors (Lipinski definition) is 5. The van der Waals surface area contributed by atoms with E-state index in [4.69, 9.17) is 10.1 Å². The molecule has 2 N–H and O–H groups in total. The lowest BCUT2D eigenvalue weighted by Gasteiger charge is -2.25. The number of carbonyl (C=O) groups excluding carboxylic acids is 2. The van der Waals surface area contributed by atoms with Crippen LogP contribution in [0.4, 0.5) is 9.59 Å². The van der Waals surface area contributed by atoms with E-state index >= 15 is 0 Å². The lowest BCUT2D eigenvalue weighted by Crippen LogP contribution is -2.51. The van der Waals surface area contributed by atoms with Gasteiger partial charge in [-0.1, -0.05) is 18.2 Å². The summed E-state index contributed by atoms with van der Waals surface area (Å²) in [6, 6.07) is 6.56.